The van der Waals surface area contributed by atoms with Crippen molar-refractivity contribution in [3.8, 4) is 0 Å². The molecule has 4 atom stereocenters. The summed E-state index contributed by atoms with van der Waals surface area (Å²) >= 11 is 0. The maximum atomic E-state index is 3.73. The zero-order chi connectivity index (χ0) is 14.7. The summed E-state index contributed by atoms with van der Waals surface area (Å²) in [5.74, 6) is 0.745. The quantitative estimate of drug-likeness (QED) is 0.899. The van der Waals surface area contributed by atoms with E-state index in [2.05, 4.69) is 69.1 Å². The lowest BCUT2D eigenvalue weighted by Crippen LogP contribution is -2.57. The molecule has 0 radical (unpaired) electrons. The molecule has 20 heavy (non-hydrogen) atoms. The minimum Gasteiger partial charge on any atom is -0.311 e. The van der Waals surface area contributed by atoms with Crippen LogP contribution in [0.2, 0.25) is 0 Å². The van der Waals surface area contributed by atoms with Crippen LogP contribution in [0.4, 0.5) is 0 Å². The van der Waals surface area contributed by atoms with Gasteiger partial charge in [-0.2, -0.15) is 0 Å². The Balaban J connectivity index is 2.15. The molecule has 4 unspecified atom stereocenters. The van der Waals surface area contributed by atoms with E-state index < -0.39 is 0 Å². The van der Waals surface area contributed by atoms with Gasteiger partial charge in [0.1, 0.15) is 0 Å². The maximum Gasteiger partial charge on any atom is 0.0326 e. The minimum atomic E-state index is 0.500. The first kappa shape index (κ1) is 15.5. The van der Waals surface area contributed by atoms with Crippen molar-refractivity contribution in [1.82, 2.24) is 10.2 Å². The monoisotopic (exact) mass is 274 g/mol. The number of rotatable bonds is 4. The van der Waals surface area contributed by atoms with Gasteiger partial charge in [0.15, 0.2) is 0 Å². The summed E-state index contributed by atoms with van der Waals surface area (Å²) in [6.07, 6.45) is 1.25. The molecule has 2 heteroatoms. The van der Waals surface area contributed by atoms with Crippen LogP contribution in [0.3, 0.4) is 0 Å². The SMILES string of the molecule is CCC(C)C1CN(C(C)c2ccccc2C)C(C)CN1. The molecule has 1 N–H and O–H groups in total. The second-order valence-corrected chi connectivity index (χ2v) is 6.48. The topological polar surface area (TPSA) is 15.3 Å². The number of benzene rings is 1. The zero-order valence-electron chi connectivity index (χ0n) is 13.7. The largest absolute Gasteiger partial charge is 0.311 e. The lowest BCUT2D eigenvalue weighted by atomic mass is 9.93. The second kappa shape index (κ2) is 6.73. The average Bonchev–Trinajstić information content (AvgIpc) is 2.46. The van der Waals surface area contributed by atoms with Crippen molar-refractivity contribution in [2.75, 3.05) is 13.1 Å². The molecule has 0 aromatic heterocycles. The van der Waals surface area contributed by atoms with Crippen molar-refractivity contribution in [2.45, 2.75) is 59.2 Å². The van der Waals surface area contributed by atoms with Gasteiger partial charge in [-0.1, -0.05) is 44.5 Å². The van der Waals surface area contributed by atoms with Crippen molar-refractivity contribution in [3.05, 3.63) is 35.4 Å². The summed E-state index contributed by atoms with van der Waals surface area (Å²) < 4.78 is 0. The molecule has 0 amide bonds. The van der Waals surface area contributed by atoms with Crippen molar-refractivity contribution in [3.63, 3.8) is 0 Å². The normalized spacial score (nSPS) is 27.2. The first-order chi connectivity index (χ1) is 9.54. The molecule has 1 heterocycles. The van der Waals surface area contributed by atoms with E-state index in [9.17, 15) is 0 Å². The Morgan fingerprint density at radius 1 is 1.30 bits per heavy atom. The van der Waals surface area contributed by atoms with Crippen LogP contribution in [0.25, 0.3) is 0 Å². The fourth-order valence-corrected chi connectivity index (χ4v) is 3.35. The highest BCUT2D eigenvalue weighted by Crippen LogP contribution is 2.28. The van der Waals surface area contributed by atoms with E-state index in [1.165, 1.54) is 17.5 Å². The number of nitrogens with one attached hydrogen (secondary N) is 1. The molecule has 0 saturated carbocycles. The summed E-state index contributed by atoms with van der Waals surface area (Å²) in [7, 11) is 0. The molecule has 1 saturated heterocycles. The summed E-state index contributed by atoms with van der Waals surface area (Å²) in [5, 5.41) is 3.73. The van der Waals surface area contributed by atoms with Gasteiger partial charge in [-0.25, -0.2) is 0 Å². The molecule has 0 spiro atoms. The zero-order valence-corrected chi connectivity index (χ0v) is 13.7. The van der Waals surface area contributed by atoms with Crippen molar-refractivity contribution < 1.29 is 0 Å². The van der Waals surface area contributed by atoms with E-state index in [0.717, 1.165) is 19.0 Å². The fourth-order valence-electron chi connectivity index (χ4n) is 3.35. The van der Waals surface area contributed by atoms with Crippen LogP contribution >= 0.6 is 0 Å². The number of piperazine rings is 1. The first-order valence-electron chi connectivity index (χ1n) is 8.09. The average molecular weight is 274 g/mol. The molecule has 2 nitrogen and oxygen atoms in total. The predicted octanol–water partition coefficient (Wildman–Crippen LogP) is 3.76. The summed E-state index contributed by atoms with van der Waals surface area (Å²) in [4.78, 5) is 2.68. The highest BCUT2D eigenvalue weighted by atomic mass is 15.2. The van der Waals surface area contributed by atoms with E-state index in [-0.39, 0.29) is 0 Å². The van der Waals surface area contributed by atoms with Crippen molar-refractivity contribution in [2.24, 2.45) is 5.92 Å². The third-order valence-corrected chi connectivity index (χ3v) is 5.12. The predicted molar refractivity (Wildman–Crippen MR) is 87.0 cm³/mol. The van der Waals surface area contributed by atoms with Gasteiger partial charge in [0.25, 0.3) is 0 Å². The van der Waals surface area contributed by atoms with E-state index in [4.69, 9.17) is 0 Å². The van der Waals surface area contributed by atoms with Gasteiger partial charge in [-0.3, -0.25) is 4.90 Å². The smallest absolute Gasteiger partial charge is 0.0326 e. The number of nitrogens with zero attached hydrogens (tertiary/aromatic N) is 1. The van der Waals surface area contributed by atoms with Crippen molar-refractivity contribution in [1.29, 1.82) is 0 Å². The molecule has 1 aliphatic rings. The van der Waals surface area contributed by atoms with Gasteiger partial charge in [0, 0.05) is 31.2 Å². The minimum absolute atomic E-state index is 0.500. The molecule has 1 aromatic carbocycles. The number of hydrogen-bond donors (Lipinski definition) is 1. The standard InChI is InChI=1S/C18H30N2/c1-6-13(2)18-12-20(15(4)11-19-18)16(5)17-10-8-7-9-14(17)3/h7-10,13,15-16,18-19H,6,11-12H2,1-5H3. The van der Waals surface area contributed by atoms with Gasteiger partial charge in [-0.15, -0.1) is 0 Å². The van der Waals surface area contributed by atoms with Crippen LogP contribution in [-0.4, -0.2) is 30.1 Å². The Labute approximate surface area is 124 Å². The molecule has 112 valence electrons. The van der Waals surface area contributed by atoms with Crippen LogP contribution in [0.15, 0.2) is 24.3 Å². The molecule has 2 rings (SSSR count). The van der Waals surface area contributed by atoms with Crippen LogP contribution in [-0.2, 0) is 0 Å². The van der Waals surface area contributed by atoms with E-state index in [0.29, 0.717) is 18.1 Å². The number of aryl methyl sites for hydroxylation is 1. The Bertz CT molecular complexity index is 429. The van der Waals surface area contributed by atoms with Crippen LogP contribution in [0.5, 0.6) is 0 Å². The Morgan fingerprint density at radius 3 is 2.65 bits per heavy atom. The highest BCUT2D eigenvalue weighted by Gasteiger charge is 2.31. The third-order valence-electron chi connectivity index (χ3n) is 5.12. The highest BCUT2D eigenvalue weighted by molar-refractivity contribution is 5.28. The molecule has 1 fully saturated rings. The fraction of sp³-hybridized carbons (Fsp3) is 0.667. The van der Waals surface area contributed by atoms with Gasteiger partial charge < -0.3 is 5.32 Å². The van der Waals surface area contributed by atoms with Gasteiger partial charge in [0.05, 0.1) is 0 Å². The van der Waals surface area contributed by atoms with Crippen molar-refractivity contribution >= 4 is 0 Å². The Morgan fingerprint density at radius 2 is 2.00 bits per heavy atom. The third kappa shape index (κ3) is 3.24. The molecule has 0 aliphatic carbocycles. The van der Waals surface area contributed by atoms with Gasteiger partial charge in [-0.05, 0) is 37.8 Å². The first-order valence-corrected chi connectivity index (χ1v) is 8.09. The number of hydrogen-bond acceptors (Lipinski definition) is 2. The lowest BCUT2D eigenvalue weighted by Gasteiger charge is -2.44. The summed E-state index contributed by atoms with van der Waals surface area (Å²) in [5.41, 5.74) is 2.88. The van der Waals surface area contributed by atoms with Gasteiger partial charge in [0.2, 0.25) is 0 Å². The van der Waals surface area contributed by atoms with Crippen LogP contribution < -0.4 is 5.32 Å². The van der Waals surface area contributed by atoms with Crippen LogP contribution in [0.1, 0.15) is 51.3 Å². The molecule has 0 bridgehead atoms. The van der Waals surface area contributed by atoms with E-state index in [1.807, 2.05) is 0 Å². The molecule has 1 aromatic rings. The maximum absolute atomic E-state index is 3.73. The summed E-state index contributed by atoms with van der Waals surface area (Å²) in [6, 6.07) is 10.5. The summed E-state index contributed by atoms with van der Waals surface area (Å²) in [6.45, 7) is 13.8. The Kier molecular flexibility index (Phi) is 5.22. The van der Waals surface area contributed by atoms with Gasteiger partial charge >= 0.3 is 0 Å². The molecular weight excluding hydrogens is 244 g/mol. The molecular formula is C18H30N2. The second-order valence-electron chi connectivity index (χ2n) is 6.48. The molecule has 1 aliphatic heterocycles. The van der Waals surface area contributed by atoms with E-state index >= 15 is 0 Å². The lowest BCUT2D eigenvalue weighted by molar-refractivity contribution is 0.0816. The Hall–Kier alpha value is -0.860. The van der Waals surface area contributed by atoms with E-state index in [1.54, 1.807) is 0 Å². The van der Waals surface area contributed by atoms with Crippen LogP contribution in [0, 0.1) is 12.8 Å².